The molecule has 0 unspecified atom stereocenters. The Hall–Kier alpha value is -0.160. The van der Waals surface area contributed by atoms with Gasteiger partial charge in [0, 0.05) is 6.42 Å². The van der Waals surface area contributed by atoms with Gasteiger partial charge in [0.2, 0.25) is 0 Å². The highest BCUT2D eigenvalue weighted by atomic mass is 35.5. The molecule has 11 heavy (non-hydrogen) atoms. The molecule has 0 aromatic rings. The minimum Gasteiger partial charge on any atom is -0.391 e. The van der Waals surface area contributed by atoms with Crippen LogP contribution in [0.4, 0.5) is 0 Å². The number of hydrogen-bond acceptors (Lipinski definition) is 4. The van der Waals surface area contributed by atoms with Crippen LogP contribution in [0, 0.1) is 0 Å². The maximum atomic E-state index is 9.79. The standard InChI is InChI=1S/C6H12O4.ClH/c1-4(8)6(10)5(9)2-3-7;/h3-6,8-10H,2H2,1H3;1H/t4-,5-,6+;/m0./s1. The molecule has 0 spiro atoms. The first-order valence-corrected chi connectivity index (χ1v) is 3.07. The van der Waals surface area contributed by atoms with Gasteiger partial charge in [-0.15, -0.1) is 12.4 Å². The topological polar surface area (TPSA) is 77.8 Å². The van der Waals surface area contributed by atoms with E-state index in [-0.39, 0.29) is 18.8 Å². The molecule has 4 nitrogen and oxygen atoms in total. The Morgan fingerprint density at radius 3 is 2.09 bits per heavy atom. The first kappa shape index (κ1) is 13.4. The molecule has 0 bridgehead atoms. The van der Waals surface area contributed by atoms with Crippen molar-refractivity contribution >= 4 is 18.7 Å². The van der Waals surface area contributed by atoms with E-state index in [9.17, 15) is 4.79 Å². The van der Waals surface area contributed by atoms with Gasteiger partial charge in [0.25, 0.3) is 0 Å². The molecule has 3 atom stereocenters. The molecule has 0 amide bonds. The van der Waals surface area contributed by atoms with Crippen LogP contribution in [0.25, 0.3) is 0 Å². The monoisotopic (exact) mass is 184 g/mol. The lowest BCUT2D eigenvalue weighted by Crippen LogP contribution is -2.35. The number of carbonyl (C=O) groups excluding carboxylic acids is 1. The van der Waals surface area contributed by atoms with Gasteiger partial charge in [-0.3, -0.25) is 0 Å². The van der Waals surface area contributed by atoms with Crippen LogP contribution in [0.2, 0.25) is 0 Å². The number of aldehydes is 1. The van der Waals surface area contributed by atoms with Gasteiger partial charge in [0.05, 0.1) is 12.2 Å². The summed E-state index contributed by atoms with van der Waals surface area (Å²) in [5.41, 5.74) is 0. The summed E-state index contributed by atoms with van der Waals surface area (Å²) in [6.07, 6.45) is -3.04. The fourth-order valence-electron chi connectivity index (χ4n) is 0.560. The largest absolute Gasteiger partial charge is 0.391 e. The van der Waals surface area contributed by atoms with E-state index < -0.39 is 18.3 Å². The number of aliphatic hydroxyl groups excluding tert-OH is 3. The highest BCUT2D eigenvalue weighted by molar-refractivity contribution is 5.85. The summed E-state index contributed by atoms with van der Waals surface area (Å²) in [5.74, 6) is 0. The third-order valence-corrected chi connectivity index (χ3v) is 1.23. The van der Waals surface area contributed by atoms with Gasteiger partial charge in [-0.05, 0) is 6.92 Å². The molecule has 0 aromatic heterocycles. The van der Waals surface area contributed by atoms with E-state index in [1.807, 2.05) is 0 Å². The second-order valence-corrected chi connectivity index (χ2v) is 2.20. The van der Waals surface area contributed by atoms with Gasteiger partial charge in [0.15, 0.2) is 0 Å². The number of aliphatic hydroxyl groups is 3. The molecule has 5 heteroatoms. The third kappa shape index (κ3) is 5.15. The molecule has 0 aromatic carbocycles. The number of rotatable bonds is 4. The first-order chi connectivity index (χ1) is 4.59. The fraction of sp³-hybridized carbons (Fsp3) is 0.833. The van der Waals surface area contributed by atoms with Gasteiger partial charge in [0.1, 0.15) is 12.4 Å². The van der Waals surface area contributed by atoms with Crippen LogP contribution in [0.5, 0.6) is 0 Å². The maximum absolute atomic E-state index is 9.79. The summed E-state index contributed by atoms with van der Waals surface area (Å²) >= 11 is 0. The molecule has 0 saturated carbocycles. The Labute approximate surface area is 71.3 Å². The van der Waals surface area contributed by atoms with E-state index in [1.165, 1.54) is 6.92 Å². The molecule has 0 heterocycles. The minimum atomic E-state index is -1.23. The molecule has 0 fully saturated rings. The number of carbonyl (C=O) groups is 1. The van der Waals surface area contributed by atoms with Crippen molar-refractivity contribution in [3.8, 4) is 0 Å². The van der Waals surface area contributed by atoms with Gasteiger partial charge in [-0.2, -0.15) is 0 Å². The van der Waals surface area contributed by atoms with E-state index in [2.05, 4.69) is 0 Å². The lowest BCUT2D eigenvalue weighted by Gasteiger charge is -2.17. The number of hydrogen-bond donors (Lipinski definition) is 3. The minimum absolute atomic E-state index is 0. The third-order valence-electron chi connectivity index (χ3n) is 1.23. The number of halogens is 1. The Morgan fingerprint density at radius 2 is 1.82 bits per heavy atom. The molecule has 0 saturated heterocycles. The van der Waals surface area contributed by atoms with Crippen molar-refractivity contribution in [1.82, 2.24) is 0 Å². The van der Waals surface area contributed by atoms with Crippen molar-refractivity contribution in [3.05, 3.63) is 0 Å². The SMILES string of the molecule is C[C@H](O)[C@@H](O)[C@@H](O)CC=O.Cl. The van der Waals surface area contributed by atoms with Crippen molar-refractivity contribution in [1.29, 1.82) is 0 Å². The lowest BCUT2D eigenvalue weighted by molar-refractivity contribution is -0.113. The molecule has 0 radical (unpaired) electrons. The van der Waals surface area contributed by atoms with Gasteiger partial charge in [-0.1, -0.05) is 0 Å². The van der Waals surface area contributed by atoms with Crippen LogP contribution >= 0.6 is 12.4 Å². The molecule has 68 valence electrons. The van der Waals surface area contributed by atoms with Crippen LogP contribution in [-0.2, 0) is 4.79 Å². The summed E-state index contributed by atoms with van der Waals surface area (Å²) in [4.78, 5) is 9.79. The maximum Gasteiger partial charge on any atom is 0.122 e. The highest BCUT2D eigenvalue weighted by Crippen LogP contribution is 2.01. The summed E-state index contributed by atoms with van der Waals surface area (Å²) in [6, 6.07) is 0. The Balaban J connectivity index is 0. The van der Waals surface area contributed by atoms with E-state index in [0.717, 1.165) is 0 Å². The van der Waals surface area contributed by atoms with Gasteiger partial charge in [-0.25, -0.2) is 0 Å². The van der Waals surface area contributed by atoms with E-state index >= 15 is 0 Å². The average molecular weight is 185 g/mol. The van der Waals surface area contributed by atoms with Crippen LogP contribution < -0.4 is 0 Å². The normalized spacial score (nSPS) is 17.8. The van der Waals surface area contributed by atoms with Gasteiger partial charge < -0.3 is 20.1 Å². The van der Waals surface area contributed by atoms with E-state index in [0.29, 0.717) is 6.29 Å². The molecule has 0 aliphatic rings. The summed E-state index contributed by atoms with van der Waals surface area (Å²) in [6.45, 7) is 1.35. The van der Waals surface area contributed by atoms with Crippen molar-refractivity contribution in [2.75, 3.05) is 0 Å². The second-order valence-electron chi connectivity index (χ2n) is 2.20. The summed E-state index contributed by atoms with van der Waals surface area (Å²) in [7, 11) is 0. The smallest absolute Gasteiger partial charge is 0.122 e. The van der Waals surface area contributed by atoms with Crippen molar-refractivity contribution in [2.45, 2.75) is 31.7 Å². The zero-order chi connectivity index (χ0) is 8.15. The quantitative estimate of drug-likeness (QED) is 0.495. The molecule has 0 aliphatic carbocycles. The van der Waals surface area contributed by atoms with Gasteiger partial charge >= 0.3 is 0 Å². The predicted molar refractivity (Wildman–Crippen MR) is 41.6 cm³/mol. The Bertz CT molecular complexity index is 107. The molecule has 0 aliphatic heterocycles. The van der Waals surface area contributed by atoms with Crippen LogP contribution in [0.3, 0.4) is 0 Å². The van der Waals surface area contributed by atoms with E-state index in [1.54, 1.807) is 0 Å². The predicted octanol–water partition coefficient (Wildman–Crippen LogP) is -0.900. The van der Waals surface area contributed by atoms with Crippen LogP contribution in [0.15, 0.2) is 0 Å². The second kappa shape index (κ2) is 6.54. The van der Waals surface area contributed by atoms with Crippen LogP contribution in [0.1, 0.15) is 13.3 Å². The van der Waals surface area contributed by atoms with E-state index in [4.69, 9.17) is 15.3 Å². The molecule has 0 rings (SSSR count). The first-order valence-electron chi connectivity index (χ1n) is 3.07. The zero-order valence-corrected chi connectivity index (χ0v) is 6.99. The Kier molecular flexibility index (Phi) is 7.99. The molecule has 3 N–H and O–H groups in total. The van der Waals surface area contributed by atoms with Crippen molar-refractivity contribution in [3.63, 3.8) is 0 Å². The van der Waals surface area contributed by atoms with Crippen molar-refractivity contribution in [2.24, 2.45) is 0 Å². The van der Waals surface area contributed by atoms with Crippen LogP contribution in [-0.4, -0.2) is 39.9 Å². The molecular weight excluding hydrogens is 172 g/mol. The lowest BCUT2D eigenvalue weighted by atomic mass is 10.1. The summed E-state index contributed by atoms with van der Waals surface area (Å²) < 4.78 is 0. The Morgan fingerprint density at radius 1 is 1.36 bits per heavy atom. The fourth-order valence-corrected chi connectivity index (χ4v) is 0.560. The molecular formula is C6H13ClO4. The summed E-state index contributed by atoms with van der Waals surface area (Å²) in [5, 5.41) is 26.4. The average Bonchev–Trinajstić information content (AvgIpc) is 1.87. The van der Waals surface area contributed by atoms with Crippen molar-refractivity contribution < 1.29 is 20.1 Å². The highest BCUT2D eigenvalue weighted by Gasteiger charge is 2.19. The zero-order valence-electron chi connectivity index (χ0n) is 6.17.